The van der Waals surface area contributed by atoms with Gasteiger partial charge in [-0.25, -0.2) is 4.79 Å². The maximum absolute atomic E-state index is 12.3. The fourth-order valence-electron chi connectivity index (χ4n) is 5.20. The van der Waals surface area contributed by atoms with E-state index in [2.05, 4.69) is 23.8 Å². The van der Waals surface area contributed by atoms with Crippen LogP contribution in [-0.4, -0.2) is 78.8 Å². The fraction of sp³-hybridized carbons (Fsp3) is 0.955. The van der Waals surface area contributed by atoms with Crippen LogP contribution in [0.25, 0.3) is 0 Å². The average molecular weight is 380 g/mol. The van der Waals surface area contributed by atoms with E-state index in [1.807, 2.05) is 25.7 Å². The molecular formula is C22H41N3O2. The topological polar surface area (TPSA) is 36.0 Å². The lowest BCUT2D eigenvalue weighted by molar-refractivity contribution is -0.0119. The smallest absolute Gasteiger partial charge is 0.410 e. The lowest BCUT2D eigenvalue weighted by Gasteiger charge is -2.49. The number of carbonyl (C=O) groups is 1. The van der Waals surface area contributed by atoms with Gasteiger partial charge in [-0.1, -0.05) is 0 Å². The van der Waals surface area contributed by atoms with Crippen LogP contribution in [0.15, 0.2) is 0 Å². The number of hydrogen-bond acceptors (Lipinski definition) is 4. The Labute approximate surface area is 166 Å². The maximum Gasteiger partial charge on any atom is 0.410 e. The van der Waals surface area contributed by atoms with E-state index in [9.17, 15) is 4.79 Å². The van der Waals surface area contributed by atoms with Crippen molar-refractivity contribution in [1.29, 1.82) is 0 Å². The zero-order valence-electron chi connectivity index (χ0n) is 18.3. The predicted molar refractivity (Wildman–Crippen MR) is 110 cm³/mol. The van der Waals surface area contributed by atoms with Gasteiger partial charge < -0.3 is 19.4 Å². The molecule has 5 heteroatoms. The number of likely N-dealkylation sites (tertiary alicyclic amines) is 3. The Morgan fingerprint density at radius 1 is 0.963 bits per heavy atom. The highest BCUT2D eigenvalue weighted by Gasteiger charge is 2.40. The minimum absolute atomic E-state index is 0.134. The van der Waals surface area contributed by atoms with Gasteiger partial charge in [0.1, 0.15) is 5.60 Å². The summed E-state index contributed by atoms with van der Waals surface area (Å²) in [5.74, 6) is 0.865. The molecule has 1 unspecified atom stereocenters. The van der Waals surface area contributed by atoms with Crippen molar-refractivity contribution in [3.8, 4) is 0 Å². The second kappa shape index (κ2) is 8.28. The molecule has 0 aromatic rings. The third-order valence-electron chi connectivity index (χ3n) is 7.36. The first-order valence-electron chi connectivity index (χ1n) is 11.1. The summed E-state index contributed by atoms with van der Waals surface area (Å²) in [4.78, 5) is 19.5. The minimum Gasteiger partial charge on any atom is -0.444 e. The van der Waals surface area contributed by atoms with Gasteiger partial charge in [0.25, 0.3) is 0 Å². The van der Waals surface area contributed by atoms with Crippen molar-refractivity contribution in [2.45, 2.75) is 77.9 Å². The molecule has 0 bridgehead atoms. The van der Waals surface area contributed by atoms with Gasteiger partial charge in [0.15, 0.2) is 0 Å². The minimum atomic E-state index is -0.401. The van der Waals surface area contributed by atoms with Crippen LogP contribution in [0.2, 0.25) is 0 Å². The number of piperidine rings is 3. The molecule has 27 heavy (non-hydrogen) atoms. The molecule has 0 aromatic carbocycles. The first kappa shape index (κ1) is 20.9. The van der Waals surface area contributed by atoms with Crippen molar-refractivity contribution in [2.24, 2.45) is 11.3 Å². The summed E-state index contributed by atoms with van der Waals surface area (Å²) in [6.45, 7) is 15.0. The highest BCUT2D eigenvalue weighted by Crippen LogP contribution is 2.42. The van der Waals surface area contributed by atoms with E-state index in [0.29, 0.717) is 5.41 Å². The monoisotopic (exact) mass is 379 g/mol. The number of carbonyl (C=O) groups excluding carboxylic acids is 1. The third-order valence-corrected chi connectivity index (χ3v) is 7.36. The fourth-order valence-corrected chi connectivity index (χ4v) is 5.20. The molecule has 3 rings (SSSR count). The summed E-state index contributed by atoms with van der Waals surface area (Å²) in [5.41, 5.74) is 0.0587. The second-order valence-corrected chi connectivity index (χ2v) is 10.4. The second-order valence-electron chi connectivity index (χ2n) is 10.4. The first-order valence-corrected chi connectivity index (χ1v) is 11.1. The molecule has 1 spiro atoms. The standard InChI is InChI=1S/C22H41N3O2/c1-18(19-6-12-23(5)13-7-19)24-14-8-22(9-15-24)10-16-25(17-11-22)20(26)27-21(2,3)4/h18-19H,6-17H2,1-5H3. The van der Waals surface area contributed by atoms with Crippen molar-refractivity contribution >= 4 is 6.09 Å². The van der Waals surface area contributed by atoms with Crippen molar-refractivity contribution in [2.75, 3.05) is 46.3 Å². The van der Waals surface area contributed by atoms with Crippen molar-refractivity contribution < 1.29 is 9.53 Å². The Hall–Kier alpha value is -0.810. The number of hydrogen-bond donors (Lipinski definition) is 0. The van der Waals surface area contributed by atoms with E-state index in [0.717, 1.165) is 37.9 Å². The highest BCUT2D eigenvalue weighted by molar-refractivity contribution is 5.68. The zero-order chi connectivity index (χ0) is 19.7. The normalized spacial score (nSPS) is 26.9. The molecule has 156 valence electrons. The molecule has 0 aromatic heterocycles. The van der Waals surface area contributed by atoms with Gasteiger partial charge in [0.05, 0.1) is 0 Å². The number of nitrogens with zero attached hydrogens (tertiary/aromatic N) is 3. The van der Waals surface area contributed by atoms with Crippen LogP contribution in [0.3, 0.4) is 0 Å². The van der Waals surface area contributed by atoms with Crippen LogP contribution in [0.1, 0.15) is 66.2 Å². The van der Waals surface area contributed by atoms with Gasteiger partial charge in [-0.15, -0.1) is 0 Å². The van der Waals surface area contributed by atoms with E-state index in [1.165, 1.54) is 51.9 Å². The van der Waals surface area contributed by atoms with Crippen LogP contribution in [-0.2, 0) is 4.74 Å². The SMILES string of the molecule is CC(C1CCN(C)CC1)N1CCC2(CCN(C(=O)OC(C)(C)C)CC2)CC1. The van der Waals surface area contributed by atoms with Gasteiger partial charge in [0, 0.05) is 19.1 Å². The van der Waals surface area contributed by atoms with Crippen LogP contribution in [0.5, 0.6) is 0 Å². The highest BCUT2D eigenvalue weighted by atomic mass is 16.6. The van der Waals surface area contributed by atoms with Crippen molar-refractivity contribution in [3.63, 3.8) is 0 Å². The van der Waals surface area contributed by atoms with E-state index in [4.69, 9.17) is 4.74 Å². The number of ether oxygens (including phenoxy) is 1. The Morgan fingerprint density at radius 2 is 1.48 bits per heavy atom. The summed E-state index contributed by atoms with van der Waals surface area (Å²) in [6, 6.07) is 0.720. The Balaban J connectivity index is 1.45. The Bertz CT molecular complexity index is 490. The molecule has 5 nitrogen and oxygen atoms in total. The van der Waals surface area contributed by atoms with Gasteiger partial charge in [-0.3, -0.25) is 0 Å². The van der Waals surface area contributed by atoms with E-state index in [1.54, 1.807) is 0 Å². The summed E-state index contributed by atoms with van der Waals surface area (Å²) in [6.07, 6.45) is 7.45. The molecule has 0 radical (unpaired) electrons. The molecule has 0 N–H and O–H groups in total. The van der Waals surface area contributed by atoms with Crippen LogP contribution in [0, 0.1) is 11.3 Å². The molecule has 1 atom stereocenters. The molecule has 1 amide bonds. The largest absolute Gasteiger partial charge is 0.444 e. The molecule has 3 aliphatic heterocycles. The lowest BCUT2D eigenvalue weighted by atomic mass is 9.70. The maximum atomic E-state index is 12.3. The predicted octanol–water partition coefficient (Wildman–Crippen LogP) is 3.83. The average Bonchev–Trinajstić information content (AvgIpc) is 2.62. The van der Waals surface area contributed by atoms with Crippen molar-refractivity contribution in [1.82, 2.24) is 14.7 Å². The van der Waals surface area contributed by atoms with E-state index in [-0.39, 0.29) is 6.09 Å². The van der Waals surface area contributed by atoms with Crippen LogP contribution < -0.4 is 0 Å². The summed E-state index contributed by atoms with van der Waals surface area (Å²) in [7, 11) is 2.25. The van der Waals surface area contributed by atoms with Gasteiger partial charge in [0.2, 0.25) is 0 Å². The van der Waals surface area contributed by atoms with E-state index >= 15 is 0 Å². The zero-order valence-corrected chi connectivity index (χ0v) is 18.3. The third kappa shape index (κ3) is 5.38. The number of amides is 1. The molecule has 0 saturated carbocycles. The van der Waals surface area contributed by atoms with Crippen LogP contribution in [0.4, 0.5) is 4.79 Å². The molecule has 3 fully saturated rings. The molecular weight excluding hydrogens is 338 g/mol. The molecule has 3 saturated heterocycles. The summed E-state index contributed by atoms with van der Waals surface area (Å²) in [5, 5.41) is 0. The molecule has 3 heterocycles. The van der Waals surface area contributed by atoms with Gasteiger partial charge in [-0.05, 0) is 111 Å². The summed E-state index contributed by atoms with van der Waals surface area (Å²) < 4.78 is 5.55. The number of rotatable bonds is 2. The van der Waals surface area contributed by atoms with Crippen molar-refractivity contribution in [3.05, 3.63) is 0 Å². The molecule has 0 aliphatic carbocycles. The Kier molecular flexibility index (Phi) is 6.41. The molecule has 3 aliphatic rings. The first-order chi connectivity index (χ1) is 12.7. The lowest BCUT2D eigenvalue weighted by Crippen LogP contribution is -2.52. The van der Waals surface area contributed by atoms with E-state index < -0.39 is 5.60 Å². The summed E-state index contributed by atoms with van der Waals surface area (Å²) >= 11 is 0. The van der Waals surface area contributed by atoms with Gasteiger partial charge >= 0.3 is 6.09 Å². The van der Waals surface area contributed by atoms with Crippen LogP contribution >= 0.6 is 0 Å². The quantitative estimate of drug-likeness (QED) is 0.730. The van der Waals surface area contributed by atoms with Gasteiger partial charge in [-0.2, -0.15) is 0 Å². The Morgan fingerprint density at radius 3 is 2.00 bits per heavy atom.